The van der Waals surface area contributed by atoms with Gasteiger partial charge in [-0.25, -0.2) is 4.79 Å². The minimum Gasteiger partial charge on any atom is -0.395 e. The van der Waals surface area contributed by atoms with Crippen molar-refractivity contribution >= 4 is 11.8 Å². The second kappa shape index (κ2) is 4.47. The van der Waals surface area contributed by atoms with E-state index < -0.39 is 0 Å². The Balaban J connectivity index is 2.32. The van der Waals surface area contributed by atoms with Crippen LogP contribution in [0.15, 0.2) is 15.8 Å². The standard InChI is InChI=1S/C10H14N2O3S/c1-6-3-12(10(15)11-9(6)14)7-2-8(4-13)16-5-7/h3,7-8,13H,2,4-5H2,1H3,(H,11,14,15). The highest BCUT2D eigenvalue weighted by molar-refractivity contribution is 8.00. The fourth-order valence-electron chi connectivity index (χ4n) is 1.87. The van der Waals surface area contributed by atoms with Crippen molar-refractivity contribution in [1.29, 1.82) is 0 Å². The fraction of sp³-hybridized carbons (Fsp3) is 0.600. The van der Waals surface area contributed by atoms with Crippen molar-refractivity contribution in [2.45, 2.75) is 24.6 Å². The maximum atomic E-state index is 11.6. The summed E-state index contributed by atoms with van der Waals surface area (Å²) in [6.07, 6.45) is 2.37. The summed E-state index contributed by atoms with van der Waals surface area (Å²) < 4.78 is 1.57. The molecule has 0 bridgehead atoms. The predicted octanol–water partition coefficient (Wildman–Crippen LogP) is -0.116. The van der Waals surface area contributed by atoms with E-state index in [1.165, 1.54) is 0 Å². The van der Waals surface area contributed by atoms with Crippen molar-refractivity contribution in [1.82, 2.24) is 9.55 Å². The van der Waals surface area contributed by atoms with Gasteiger partial charge < -0.3 is 5.11 Å². The molecule has 0 radical (unpaired) electrons. The minimum atomic E-state index is -0.361. The Morgan fingerprint density at radius 1 is 1.62 bits per heavy atom. The molecule has 2 unspecified atom stereocenters. The Hall–Kier alpha value is -1.01. The van der Waals surface area contributed by atoms with Crippen LogP contribution in [-0.4, -0.2) is 32.3 Å². The molecule has 2 N–H and O–H groups in total. The Morgan fingerprint density at radius 2 is 2.38 bits per heavy atom. The Kier molecular flexibility index (Phi) is 3.20. The fourth-order valence-corrected chi connectivity index (χ4v) is 3.12. The number of nitrogens with one attached hydrogen (secondary N) is 1. The summed E-state index contributed by atoms with van der Waals surface area (Å²) in [6.45, 7) is 1.82. The molecule has 0 aromatic carbocycles. The summed E-state index contributed by atoms with van der Waals surface area (Å²) in [5, 5.41) is 9.23. The van der Waals surface area contributed by atoms with E-state index in [0.717, 1.165) is 12.2 Å². The van der Waals surface area contributed by atoms with E-state index in [0.29, 0.717) is 5.56 Å². The maximum Gasteiger partial charge on any atom is 0.328 e. The van der Waals surface area contributed by atoms with Crippen LogP contribution in [0, 0.1) is 6.92 Å². The van der Waals surface area contributed by atoms with E-state index >= 15 is 0 Å². The third-order valence-corrected chi connectivity index (χ3v) is 4.19. The molecule has 1 aliphatic rings. The number of aromatic nitrogens is 2. The number of aryl methyl sites for hydroxylation is 1. The Labute approximate surface area is 96.5 Å². The number of hydrogen-bond acceptors (Lipinski definition) is 4. The van der Waals surface area contributed by atoms with Crippen LogP contribution in [-0.2, 0) is 0 Å². The maximum absolute atomic E-state index is 11.6. The largest absolute Gasteiger partial charge is 0.395 e. The predicted molar refractivity (Wildman–Crippen MR) is 63.0 cm³/mol. The highest BCUT2D eigenvalue weighted by Gasteiger charge is 2.26. The number of aliphatic hydroxyl groups excluding tert-OH is 1. The van der Waals surface area contributed by atoms with Gasteiger partial charge in [-0.3, -0.25) is 14.3 Å². The molecule has 1 aliphatic heterocycles. The van der Waals surface area contributed by atoms with E-state index in [-0.39, 0.29) is 29.1 Å². The molecule has 0 amide bonds. The molecule has 2 atom stereocenters. The van der Waals surface area contributed by atoms with Gasteiger partial charge in [0, 0.05) is 28.8 Å². The molecule has 1 fully saturated rings. The summed E-state index contributed by atoms with van der Waals surface area (Å²) >= 11 is 1.66. The van der Waals surface area contributed by atoms with Gasteiger partial charge in [0.15, 0.2) is 0 Å². The van der Waals surface area contributed by atoms with E-state index in [4.69, 9.17) is 5.11 Å². The molecule has 2 rings (SSSR count). The lowest BCUT2D eigenvalue weighted by Crippen LogP contribution is -2.33. The summed E-state index contributed by atoms with van der Waals surface area (Å²) in [5.41, 5.74) is -0.151. The number of aliphatic hydroxyl groups is 1. The van der Waals surface area contributed by atoms with Gasteiger partial charge in [-0.2, -0.15) is 11.8 Å². The van der Waals surface area contributed by atoms with E-state index in [1.54, 1.807) is 29.4 Å². The third-order valence-electron chi connectivity index (χ3n) is 2.80. The molecule has 1 aromatic rings. The SMILES string of the molecule is Cc1cn(C2CSC(CO)C2)c(=O)[nH]c1=O. The van der Waals surface area contributed by atoms with Gasteiger partial charge in [0.1, 0.15) is 0 Å². The molecule has 16 heavy (non-hydrogen) atoms. The normalized spacial score (nSPS) is 24.9. The number of H-pyrrole nitrogens is 1. The molecule has 2 heterocycles. The van der Waals surface area contributed by atoms with Crippen LogP contribution in [0.5, 0.6) is 0 Å². The molecule has 6 heteroatoms. The van der Waals surface area contributed by atoms with Gasteiger partial charge in [-0.1, -0.05) is 0 Å². The average Bonchev–Trinajstić information content (AvgIpc) is 2.71. The van der Waals surface area contributed by atoms with Crippen molar-refractivity contribution in [2.24, 2.45) is 0 Å². The number of nitrogens with zero attached hydrogens (tertiary/aromatic N) is 1. The number of aromatic amines is 1. The lowest BCUT2D eigenvalue weighted by atomic mass is 10.2. The molecule has 88 valence electrons. The van der Waals surface area contributed by atoms with Gasteiger partial charge >= 0.3 is 5.69 Å². The third kappa shape index (κ3) is 2.08. The van der Waals surface area contributed by atoms with Crippen LogP contribution in [0.25, 0.3) is 0 Å². The number of thioether (sulfide) groups is 1. The Bertz CT molecular complexity index is 494. The zero-order chi connectivity index (χ0) is 11.7. The zero-order valence-corrected chi connectivity index (χ0v) is 9.79. The van der Waals surface area contributed by atoms with Crippen molar-refractivity contribution in [3.63, 3.8) is 0 Å². The second-order valence-electron chi connectivity index (χ2n) is 4.01. The van der Waals surface area contributed by atoms with Crippen LogP contribution >= 0.6 is 11.8 Å². The topological polar surface area (TPSA) is 75.1 Å². The van der Waals surface area contributed by atoms with E-state index in [9.17, 15) is 9.59 Å². The lowest BCUT2D eigenvalue weighted by molar-refractivity contribution is 0.285. The van der Waals surface area contributed by atoms with Gasteiger partial charge in [0.25, 0.3) is 5.56 Å². The smallest absolute Gasteiger partial charge is 0.328 e. The van der Waals surface area contributed by atoms with Crippen LogP contribution in [0.2, 0.25) is 0 Å². The zero-order valence-electron chi connectivity index (χ0n) is 8.97. The first-order valence-corrected chi connectivity index (χ1v) is 6.21. The van der Waals surface area contributed by atoms with Crippen molar-refractivity contribution in [3.8, 4) is 0 Å². The molecule has 5 nitrogen and oxygen atoms in total. The highest BCUT2D eigenvalue weighted by Crippen LogP contribution is 2.33. The van der Waals surface area contributed by atoms with Crippen LogP contribution < -0.4 is 11.2 Å². The molecular formula is C10H14N2O3S. The quantitative estimate of drug-likeness (QED) is 0.758. The molecule has 1 saturated heterocycles. The van der Waals surface area contributed by atoms with Gasteiger partial charge in [0.05, 0.1) is 6.61 Å². The molecule has 0 spiro atoms. The van der Waals surface area contributed by atoms with Crippen LogP contribution in [0.3, 0.4) is 0 Å². The van der Waals surface area contributed by atoms with Gasteiger partial charge in [-0.05, 0) is 13.3 Å². The molecule has 1 aromatic heterocycles. The van der Waals surface area contributed by atoms with Crippen molar-refractivity contribution in [2.75, 3.05) is 12.4 Å². The summed E-state index contributed by atoms with van der Waals surface area (Å²) in [7, 11) is 0. The summed E-state index contributed by atoms with van der Waals surface area (Å²) in [5.74, 6) is 0.802. The van der Waals surface area contributed by atoms with E-state index in [1.807, 2.05) is 0 Å². The summed E-state index contributed by atoms with van der Waals surface area (Å²) in [4.78, 5) is 25.1. The number of rotatable bonds is 2. The Morgan fingerprint density at radius 3 is 3.00 bits per heavy atom. The second-order valence-corrected chi connectivity index (χ2v) is 5.34. The average molecular weight is 242 g/mol. The van der Waals surface area contributed by atoms with Gasteiger partial charge in [0.2, 0.25) is 0 Å². The monoisotopic (exact) mass is 242 g/mol. The van der Waals surface area contributed by atoms with Crippen molar-refractivity contribution < 1.29 is 5.11 Å². The van der Waals surface area contributed by atoms with Crippen LogP contribution in [0.1, 0.15) is 18.0 Å². The van der Waals surface area contributed by atoms with Crippen molar-refractivity contribution in [3.05, 3.63) is 32.6 Å². The molecule has 0 saturated carbocycles. The first kappa shape index (κ1) is 11.5. The minimum absolute atomic E-state index is 0.0743. The number of hydrogen-bond donors (Lipinski definition) is 2. The lowest BCUT2D eigenvalue weighted by Gasteiger charge is -2.12. The molecule has 0 aliphatic carbocycles. The first-order valence-electron chi connectivity index (χ1n) is 5.16. The molecular weight excluding hydrogens is 228 g/mol. The van der Waals surface area contributed by atoms with E-state index in [2.05, 4.69) is 4.98 Å². The summed E-state index contributed by atoms with van der Waals surface area (Å²) in [6, 6.07) is 0.0743. The highest BCUT2D eigenvalue weighted by atomic mass is 32.2. The van der Waals surface area contributed by atoms with Crippen LogP contribution in [0.4, 0.5) is 0 Å². The van der Waals surface area contributed by atoms with Gasteiger partial charge in [-0.15, -0.1) is 0 Å². The first-order chi connectivity index (χ1) is 7.61.